The summed E-state index contributed by atoms with van der Waals surface area (Å²) in [6.07, 6.45) is 1.80. The first-order valence-corrected chi connectivity index (χ1v) is 13.2. The molecule has 2 aromatic rings. The zero-order valence-corrected chi connectivity index (χ0v) is 19.0. The van der Waals surface area contributed by atoms with Crippen LogP contribution in [0, 0.1) is 0 Å². The lowest BCUT2D eigenvalue weighted by molar-refractivity contribution is -0.136. The molecule has 1 aromatic carbocycles. The highest BCUT2D eigenvalue weighted by Crippen LogP contribution is 2.18. The number of esters is 1. The van der Waals surface area contributed by atoms with Crippen molar-refractivity contribution in [3.63, 3.8) is 0 Å². The lowest BCUT2D eigenvalue weighted by Crippen LogP contribution is -2.43. The Balaban J connectivity index is 1.55. The maximum atomic E-state index is 12.4. The van der Waals surface area contributed by atoms with Crippen LogP contribution in [-0.4, -0.2) is 64.3 Å². The van der Waals surface area contributed by atoms with Gasteiger partial charge in [-0.2, -0.15) is 0 Å². The molecule has 0 spiro atoms. The van der Waals surface area contributed by atoms with Crippen LogP contribution in [0.25, 0.3) is 0 Å². The third-order valence-electron chi connectivity index (χ3n) is 5.05. The third-order valence-corrected chi connectivity index (χ3v) is 8.22. The maximum absolute atomic E-state index is 12.4. The largest absolute Gasteiger partial charge is 0.468 e. The fourth-order valence-corrected chi connectivity index (χ4v) is 6.11. The van der Waals surface area contributed by atoms with Gasteiger partial charge in [0.25, 0.3) is 5.91 Å². The van der Waals surface area contributed by atoms with Gasteiger partial charge in [-0.3, -0.25) is 4.79 Å². The molecular weight excluding hydrogens is 460 g/mol. The fraction of sp³-hybridized carbons (Fsp3) is 0.400. The van der Waals surface area contributed by atoms with E-state index in [1.54, 1.807) is 19.1 Å². The standard InChI is InChI=1S/C20H24N2O8S2/c1-2-22(16-9-11-31(25,26)14-16)19(23)13-30-20(24)15-5-7-18(8-6-15)32(27,28)21-12-17-4-3-10-29-17/h3-8,10,16,21H,2,9,11-14H2,1H3/t16-/m0/s1. The van der Waals surface area contributed by atoms with Crippen LogP contribution in [0.1, 0.15) is 29.5 Å². The first-order chi connectivity index (χ1) is 15.1. The Morgan fingerprint density at radius 1 is 1.22 bits per heavy atom. The number of carbonyl (C=O) groups excluding carboxylic acids is 2. The number of hydrogen-bond donors (Lipinski definition) is 1. The van der Waals surface area contributed by atoms with Crippen molar-refractivity contribution in [1.29, 1.82) is 0 Å². The van der Waals surface area contributed by atoms with E-state index in [-0.39, 0.29) is 28.5 Å². The summed E-state index contributed by atoms with van der Waals surface area (Å²) in [6, 6.07) is 7.94. The average molecular weight is 485 g/mol. The van der Waals surface area contributed by atoms with Crippen LogP contribution in [0.5, 0.6) is 0 Å². The summed E-state index contributed by atoms with van der Waals surface area (Å²) in [4.78, 5) is 26.0. The molecule has 2 heterocycles. The number of sulfone groups is 1. The van der Waals surface area contributed by atoms with Crippen LogP contribution in [-0.2, 0) is 35.9 Å². The van der Waals surface area contributed by atoms with Gasteiger partial charge in [0.15, 0.2) is 16.4 Å². The van der Waals surface area contributed by atoms with Crippen LogP contribution in [0.4, 0.5) is 0 Å². The minimum absolute atomic E-state index is 0.0164. The Morgan fingerprint density at radius 2 is 1.94 bits per heavy atom. The molecular formula is C20H24N2O8S2. The number of benzene rings is 1. The molecule has 174 valence electrons. The fourth-order valence-electron chi connectivity index (χ4n) is 3.39. The van der Waals surface area contributed by atoms with Crippen LogP contribution >= 0.6 is 0 Å². The van der Waals surface area contributed by atoms with Crippen molar-refractivity contribution in [1.82, 2.24) is 9.62 Å². The topological polar surface area (TPSA) is 140 Å². The molecule has 0 unspecified atom stereocenters. The number of amides is 1. The van der Waals surface area contributed by atoms with Crippen molar-refractivity contribution in [2.45, 2.75) is 30.8 Å². The molecule has 1 aliphatic rings. The molecule has 1 aliphatic heterocycles. The predicted octanol–water partition coefficient (Wildman–Crippen LogP) is 0.950. The molecule has 0 saturated carbocycles. The van der Waals surface area contributed by atoms with Gasteiger partial charge in [0.1, 0.15) is 5.76 Å². The molecule has 1 aromatic heterocycles. The van der Waals surface area contributed by atoms with Crippen molar-refractivity contribution in [2.75, 3.05) is 24.7 Å². The SMILES string of the molecule is CCN(C(=O)COC(=O)c1ccc(S(=O)(=O)NCc2ccco2)cc1)[C@H]1CCS(=O)(=O)C1. The van der Waals surface area contributed by atoms with Crippen LogP contribution < -0.4 is 4.72 Å². The number of furan rings is 1. The van der Waals surface area contributed by atoms with Gasteiger partial charge in [0.2, 0.25) is 10.0 Å². The van der Waals surface area contributed by atoms with E-state index < -0.39 is 44.4 Å². The van der Waals surface area contributed by atoms with E-state index in [9.17, 15) is 26.4 Å². The summed E-state index contributed by atoms with van der Waals surface area (Å²) in [6.45, 7) is 1.48. The number of carbonyl (C=O) groups is 2. The predicted molar refractivity (Wildman–Crippen MR) is 114 cm³/mol. The molecule has 1 amide bonds. The molecule has 1 fully saturated rings. The number of nitrogens with zero attached hydrogens (tertiary/aromatic N) is 1. The molecule has 0 bridgehead atoms. The van der Waals surface area contributed by atoms with Gasteiger partial charge in [-0.25, -0.2) is 26.4 Å². The van der Waals surface area contributed by atoms with Crippen molar-refractivity contribution in [2.24, 2.45) is 0 Å². The lowest BCUT2D eigenvalue weighted by Gasteiger charge is -2.26. The van der Waals surface area contributed by atoms with Crippen LogP contribution in [0.2, 0.25) is 0 Å². The molecule has 1 saturated heterocycles. The Hall–Kier alpha value is -2.70. The number of nitrogens with one attached hydrogen (secondary N) is 1. The van der Waals surface area contributed by atoms with E-state index in [2.05, 4.69) is 4.72 Å². The monoisotopic (exact) mass is 484 g/mol. The summed E-state index contributed by atoms with van der Waals surface area (Å²) in [7, 11) is -6.96. The second-order valence-electron chi connectivity index (χ2n) is 7.24. The first kappa shape index (κ1) is 24.0. The van der Waals surface area contributed by atoms with Gasteiger partial charge in [-0.1, -0.05) is 0 Å². The minimum atomic E-state index is -3.81. The van der Waals surface area contributed by atoms with Gasteiger partial charge in [-0.15, -0.1) is 0 Å². The first-order valence-electron chi connectivity index (χ1n) is 9.90. The van der Waals surface area contributed by atoms with E-state index in [0.29, 0.717) is 18.7 Å². The molecule has 0 radical (unpaired) electrons. The molecule has 12 heteroatoms. The lowest BCUT2D eigenvalue weighted by atomic mass is 10.2. The zero-order chi connectivity index (χ0) is 23.4. The number of sulfonamides is 1. The van der Waals surface area contributed by atoms with Gasteiger partial charge in [0, 0.05) is 12.6 Å². The molecule has 0 aliphatic carbocycles. The zero-order valence-electron chi connectivity index (χ0n) is 17.4. The quantitative estimate of drug-likeness (QED) is 0.519. The normalized spacial score (nSPS) is 17.7. The van der Waals surface area contributed by atoms with E-state index in [1.807, 2.05) is 0 Å². The summed E-state index contributed by atoms with van der Waals surface area (Å²) in [5.74, 6) is -0.878. The highest BCUT2D eigenvalue weighted by molar-refractivity contribution is 7.91. The summed E-state index contributed by atoms with van der Waals surface area (Å²) >= 11 is 0. The maximum Gasteiger partial charge on any atom is 0.338 e. The van der Waals surface area contributed by atoms with Gasteiger partial charge in [-0.05, 0) is 49.7 Å². The van der Waals surface area contributed by atoms with Gasteiger partial charge >= 0.3 is 5.97 Å². The van der Waals surface area contributed by atoms with E-state index in [4.69, 9.17) is 9.15 Å². The molecule has 10 nitrogen and oxygen atoms in total. The summed E-state index contributed by atoms with van der Waals surface area (Å²) in [5, 5.41) is 0. The smallest absolute Gasteiger partial charge is 0.338 e. The van der Waals surface area contributed by atoms with E-state index >= 15 is 0 Å². The molecule has 32 heavy (non-hydrogen) atoms. The number of likely N-dealkylation sites (N-methyl/N-ethyl adjacent to an activating group) is 1. The van der Waals surface area contributed by atoms with Crippen LogP contribution in [0.3, 0.4) is 0 Å². The van der Waals surface area contributed by atoms with Gasteiger partial charge < -0.3 is 14.1 Å². The molecule has 3 rings (SSSR count). The van der Waals surface area contributed by atoms with Crippen LogP contribution in [0.15, 0.2) is 52.0 Å². The molecule has 1 atom stereocenters. The van der Waals surface area contributed by atoms with Crippen molar-refractivity contribution in [3.05, 3.63) is 54.0 Å². The number of ether oxygens (including phenoxy) is 1. The highest BCUT2D eigenvalue weighted by Gasteiger charge is 2.34. The number of hydrogen-bond acceptors (Lipinski definition) is 8. The summed E-state index contributed by atoms with van der Waals surface area (Å²) < 4.78 is 60.5. The minimum Gasteiger partial charge on any atom is -0.468 e. The molecule has 1 N–H and O–H groups in total. The van der Waals surface area contributed by atoms with E-state index in [1.165, 1.54) is 35.4 Å². The van der Waals surface area contributed by atoms with Crippen molar-refractivity contribution >= 4 is 31.7 Å². The number of rotatable bonds is 9. The summed E-state index contributed by atoms with van der Waals surface area (Å²) in [5.41, 5.74) is 0.0780. The Bertz CT molecular complexity index is 1160. The Labute approximate surface area is 186 Å². The second-order valence-corrected chi connectivity index (χ2v) is 11.2. The van der Waals surface area contributed by atoms with Crippen molar-refractivity contribution < 1.29 is 35.6 Å². The third kappa shape index (κ3) is 5.96. The van der Waals surface area contributed by atoms with Gasteiger partial charge in [0.05, 0.1) is 34.8 Å². The van der Waals surface area contributed by atoms with Crippen molar-refractivity contribution in [3.8, 4) is 0 Å². The average Bonchev–Trinajstić information content (AvgIpc) is 3.40. The second kappa shape index (κ2) is 9.84. The Morgan fingerprint density at radius 3 is 2.50 bits per heavy atom. The van der Waals surface area contributed by atoms with E-state index in [0.717, 1.165) is 0 Å². The highest BCUT2D eigenvalue weighted by atomic mass is 32.2. The Kier molecular flexibility index (Phi) is 7.36.